The molecule has 0 atom stereocenters. The van der Waals surface area contributed by atoms with Gasteiger partial charge in [-0.1, -0.05) is 60.7 Å². The molecule has 0 fully saturated rings. The smallest absolute Gasteiger partial charge is 0.298 e. The van der Waals surface area contributed by atoms with Gasteiger partial charge >= 0.3 is 0 Å². The van der Waals surface area contributed by atoms with Gasteiger partial charge < -0.3 is 5.11 Å². The number of nitro benzene ring substituents is 1. The number of hydrogen-bond acceptors (Lipinski definition) is 9. The van der Waals surface area contributed by atoms with Crippen LogP contribution in [-0.2, 0) is 10.1 Å². The number of nitro groups is 1. The highest BCUT2D eigenvalue weighted by molar-refractivity contribution is 7.86. The van der Waals surface area contributed by atoms with Crippen molar-refractivity contribution >= 4 is 33.1 Å². The zero-order valence-corrected chi connectivity index (χ0v) is 17.4. The maximum absolute atomic E-state index is 13.0. The van der Waals surface area contributed by atoms with Crippen LogP contribution in [0.25, 0.3) is 0 Å². The molecule has 0 amide bonds. The summed E-state index contributed by atoms with van der Waals surface area (Å²) in [5.41, 5.74) is -1.29. The zero-order chi connectivity index (χ0) is 24.2. The van der Waals surface area contributed by atoms with Crippen LogP contribution in [0.15, 0.2) is 87.9 Å². The summed E-state index contributed by atoms with van der Waals surface area (Å²) in [5.74, 6) is -2.62. The lowest BCUT2D eigenvalue weighted by atomic mass is 9.97. The highest BCUT2D eigenvalue weighted by Gasteiger charge is 2.30. The van der Waals surface area contributed by atoms with Crippen molar-refractivity contribution in [2.45, 2.75) is 10.9 Å². The molecule has 12 heteroatoms. The standard InChI is InChI=1S/C21H15N3O8S/c25-19(13-7-3-1-4-8-13)18(20(26)14-9-5-2-6-10-14)23-22-16-11-15(24(28)29)12-17(21(16)27)33(30,31)32/h1-12,18,27H,(H,30,31,32). The number of azo groups is 1. The lowest BCUT2D eigenvalue weighted by Gasteiger charge is -2.10. The van der Waals surface area contributed by atoms with Crippen LogP contribution in [0.3, 0.4) is 0 Å². The zero-order valence-electron chi connectivity index (χ0n) is 16.6. The molecule has 0 saturated heterocycles. The van der Waals surface area contributed by atoms with E-state index in [0.717, 1.165) is 0 Å². The van der Waals surface area contributed by atoms with Gasteiger partial charge in [0, 0.05) is 23.3 Å². The van der Waals surface area contributed by atoms with Crippen LogP contribution >= 0.6 is 0 Å². The third kappa shape index (κ3) is 5.31. The Morgan fingerprint density at radius 1 is 0.909 bits per heavy atom. The van der Waals surface area contributed by atoms with E-state index >= 15 is 0 Å². The third-order valence-corrected chi connectivity index (χ3v) is 5.29. The van der Waals surface area contributed by atoms with Gasteiger partial charge in [-0.2, -0.15) is 18.6 Å². The van der Waals surface area contributed by atoms with E-state index in [4.69, 9.17) is 0 Å². The molecule has 0 spiro atoms. The lowest BCUT2D eigenvalue weighted by molar-refractivity contribution is -0.385. The lowest BCUT2D eigenvalue weighted by Crippen LogP contribution is -2.28. The summed E-state index contributed by atoms with van der Waals surface area (Å²) in [4.78, 5) is 35.0. The minimum Gasteiger partial charge on any atom is -0.504 e. The van der Waals surface area contributed by atoms with E-state index in [1.807, 2.05) is 0 Å². The van der Waals surface area contributed by atoms with Crippen LogP contribution in [0.1, 0.15) is 20.7 Å². The summed E-state index contributed by atoms with van der Waals surface area (Å²) in [5, 5.41) is 28.6. The molecule has 0 aliphatic rings. The summed E-state index contributed by atoms with van der Waals surface area (Å²) < 4.78 is 32.3. The van der Waals surface area contributed by atoms with Gasteiger partial charge in [-0.15, -0.1) is 0 Å². The average molecular weight is 469 g/mol. The Hall–Kier alpha value is -4.29. The highest BCUT2D eigenvalue weighted by Crippen LogP contribution is 2.38. The van der Waals surface area contributed by atoms with E-state index in [2.05, 4.69) is 10.2 Å². The minimum atomic E-state index is -5.06. The van der Waals surface area contributed by atoms with Gasteiger partial charge in [-0.3, -0.25) is 24.3 Å². The molecule has 0 aliphatic heterocycles. The Bertz CT molecular complexity index is 1310. The second kappa shape index (κ2) is 9.46. The van der Waals surface area contributed by atoms with Gasteiger partial charge in [-0.05, 0) is 0 Å². The van der Waals surface area contributed by atoms with Gasteiger partial charge in [0.15, 0.2) is 23.4 Å². The van der Waals surface area contributed by atoms with Crippen molar-refractivity contribution in [2.75, 3.05) is 0 Å². The third-order valence-electron chi connectivity index (χ3n) is 4.42. The maximum atomic E-state index is 13.0. The molecule has 0 radical (unpaired) electrons. The number of nitrogens with zero attached hydrogens (tertiary/aromatic N) is 3. The minimum absolute atomic E-state index is 0.132. The van der Waals surface area contributed by atoms with Crippen molar-refractivity contribution in [3.8, 4) is 5.75 Å². The summed E-state index contributed by atoms with van der Waals surface area (Å²) in [6, 6.07) is 14.8. The van der Waals surface area contributed by atoms with Crippen molar-refractivity contribution < 1.29 is 32.6 Å². The molecule has 3 rings (SSSR count). The number of phenols is 1. The molecule has 0 bridgehead atoms. The van der Waals surface area contributed by atoms with Gasteiger partial charge in [0.1, 0.15) is 10.6 Å². The molecule has 3 aromatic carbocycles. The number of ketones is 2. The molecule has 0 heterocycles. The number of aromatic hydroxyl groups is 1. The SMILES string of the molecule is O=C(c1ccccc1)C(N=Nc1cc([N+](=O)[O-])cc(S(=O)(=O)O)c1O)C(=O)c1ccccc1. The number of carbonyl (C=O) groups excluding carboxylic acids is 2. The van der Waals surface area contributed by atoms with Crippen LogP contribution in [0.2, 0.25) is 0 Å². The summed E-state index contributed by atoms with van der Waals surface area (Å²) in [7, 11) is -5.06. The Morgan fingerprint density at radius 3 is 1.82 bits per heavy atom. The first-order chi connectivity index (χ1) is 15.6. The van der Waals surface area contributed by atoms with Crippen molar-refractivity contribution in [3.05, 3.63) is 94.0 Å². The Morgan fingerprint density at radius 2 is 1.39 bits per heavy atom. The monoisotopic (exact) mass is 469 g/mol. The number of carbonyl (C=O) groups is 2. The van der Waals surface area contributed by atoms with Crippen LogP contribution in [0.4, 0.5) is 11.4 Å². The second-order valence-corrected chi connectivity index (χ2v) is 8.01. The number of phenolic OH excluding ortho intramolecular Hbond substituents is 1. The number of hydrogen-bond donors (Lipinski definition) is 2. The molecule has 0 unspecified atom stereocenters. The summed E-state index contributed by atoms with van der Waals surface area (Å²) in [6.45, 7) is 0. The molecule has 2 N–H and O–H groups in total. The fourth-order valence-corrected chi connectivity index (χ4v) is 3.44. The normalized spacial score (nSPS) is 11.6. The van der Waals surface area contributed by atoms with Crippen molar-refractivity contribution in [1.82, 2.24) is 0 Å². The van der Waals surface area contributed by atoms with Gasteiger partial charge in [-0.25, -0.2) is 0 Å². The van der Waals surface area contributed by atoms with Gasteiger partial charge in [0.2, 0.25) is 0 Å². The molecular formula is C21H15N3O8S. The van der Waals surface area contributed by atoms with Crippen LogP contribution in [-0.4, -0.2) is 40.6 Å². The molecule has 33 heavy (non-hydrogen) atoms. The van der Waals surface area contributed by atoms with E-state index in [1.165, 1.54) is 24.3 Å². The second-order valence-electron chi connectivity index (χ2n) is 6.62. The highest BCUT2D eigenvalue weighted by atomic mass is 32.2. The molecule has 168 valence electrons. The molecule has 0 aromatic heterocycles. The van der Waals surface area contributed by atoms with E-state index in [0.29, 0.717) is 12.1 Å². The molecule has 0 saturated carbocycles. The van der Waals surface area contributed by atoms with E-state index < -0.39 is 54.7 Å². The first kappa shape index (κ1) is 23.4. The Balaban J connectivity index is 2.12. The molecular weight excluding hydrogens is 454 g/mol. The van der Waals surface area contributed by atoms with Crippen molar-refractivity contribution in [3.63, 3.8) is 0 Å². The maximum Gasteiger partial charge on any atom is 0.298 e. The van der Waals surface area contributed by atoms with Gasteiger partial charge in [0.25, 0.3) is 15.8 Å². The summed E-state index contributed by atoms with van der Waals surface area (Å²) >= 11 is 0. The van der Waals surface area contributed by atoms with Crippen LogP contribution < -0.4 is 0 Å². The van der Waals surface area contributed by atoms with E-state index in [1.54, 1.807) is 36.4 Å². The fourth-order valence-electron chi connectivity index (χ4n) is 2.82. The van der Waals surface area contributed by atoms with Crippen LogP contribution in [0, 0.1) is 10.1 Å². The first-order valence-corrected chi connectivity index (χ1v) is 10.6. The Kier molecular flexibility index (Phi) is 6.70. The van der Waals surface area contributed by atoms with Crippen molar-refractivity contribution in [2.24, 2.45) is 10.2 Å². The summed E-state index contributed by atoms with van der Waals surface area (Å²) in [6.07, 6.45) is 0. The van der Waals surface area contributed by atoms with E-state index in [-0.39, 0.29) is 11.1 Å². The van der Waals surface area contributed by atoms with Gasteiger partial charge in [0.05, 0.1) is 4.92 Å². The van der Waals surface area contributed by atoms with Crippen LogP contribution in [0.5, 0.6) is 5.75 Å². The predicted molar refractivity (Wildman–Crippen MR) is 114 cm³/mol. The largest absolute Gasteiger partial charge is 0.504 e. The topological polar surface area (TPSA) is 177 Å². The Labute approximate surface area is 186 Å². The number of non-ortho nitro benzene ring substituents is 1. The first-order valence-electron chi connectivity index (χ1n) is 9.18. The number of rotatable bonds is 8. The quantitative estimate of drug-likeness (QED) is 0.125. The number of Topliss-reactive ketones (excluding diaryl/α,β-unsaturated/α-hetero) is 2. The fraction of sp³-hybridized carbons (Fsp3) is 0.0476. The molecule has 11 nitrogen and oxygen atoms in total. The van der Waals surface area contributed by atoms with E-state index in [9.17, 15) is 37.8 Å². The predicted octanol–water partition coefficient (Wildman–Crippen LogP) is 3.77. The van der Waals surface area contributed by atoms with Crippen molar-refractivity contribution in [1.29, 1.82) is 0 Å². The molecule has 3 aromatic rings. The number of benzene rings is 3. The average Bonchev–Trinajstić information content (AvgIpc) is 2.80. The molecule has 0 aliphatic carbocycles.